The lowest BCUT2D eigenvalue weighted by Crippen LogP contribution is -2.33. The highest BCUT2D eigenvalue weighted by Gasteiger charge is 2.27. The van der Waals surface area contributed by atoms with E-state index in [1.165, 1.54) is 0 Å². The lowest BCUT2D eigenvalue weighted by atomic mass is 9.75. The van der Waals surface area contributed by atoms with Crippen molar-refractivity contribution in [2.24, 2.45) is 0 Å². The fraction of sp³-hybridized carbons (Fsp3) is 0.538. The van der Waals surface area contributed by atoms with Crippen LogP contribution in [0.2, 0.25) is 0 Å². The maximum Gasteiger partial charge on any atom is 0.488 e. The summed E-state index contributed by atoms with van der Waals surface area (Å²) in [6, 6.07) is 5.29. The highest BCUT2D eigenvalue weighted by molar-refractivity contribution is 6.59. The van der Waals surface area contributed by atoms with E-state index >= 15 is 0 Å². The maximum atomic E-state index is 10.5. The van der Waals surface area contributed by atoms with E-state index in [0.29, 0.717) is 18.3 Å². The minimum Gasteiger partial charge on any atom is -0.423 e. The smallest absolute Gasteiger partial charge is 0.423 e. The number of hydrogen-bond acceptors (Lipinski definition) is 3. The summed E-state index contributed by atoms with van der Waals surface area (Å²) >= 11 is 0. The maximum absolute atomic E-state index is 10.5. The molecule has 0 amide bonds. The lowest BCUT2D eigenvalue weighted by molar-refractivity contribution is 0.0226. The molecule has 1 unspecified atom stereocenters. The van der Waals surface area contributed by atoms with Gasteiger partial charge in [-0.25, -0.2) is 0 Å². The third-order valence-electron chi connectivity index (χ3n) is 3.33. The van der Waals surface area contributed by atoms with E-state index in [-0.39, 0.29) is 0 Å². The number of aryl methyl sites for hydroxylation is 1. The molecule has 1 aromatic rings. The van der Waals surface area contributed by atoms with Gasteiger partial charge in [-0.1, -0.05) is 44.0 Å². The van der Waals surface area contributed by atoms with E-state index < -0.39 is 12.7 Å². The Morgan fingerprint density at radius 2 is 1.88 bits per heavy atom. The van der Waals surface area contributed by atoms with Crippen LogP contribution in [0.1, 0.15) is 44.2 Å². The van der Waals surface area contributed by atoms with Crippen LogP contribution in [0.25, 0.3) is 0 Å². The van der Waals surface area contributed by atoms with Crippen LogP contribution in [0.15, 0.2) is 18.2 Å². The van der Waals surface area contributed by atoms with Crippen LogP contribution in [0.5, 0.6) is 0 Å². The van der Waals surface area contributed by atoms with Crippen LogP contribution in [0, 0.1) is 6.92 Å². The first-order valence-electron chi connectivity index (χ1n) is 6.14. The molecule has 3 nitrogen and oxygen atoms in total. The molecule has 0 saturated heterocycles. The van der Waals surface area contributed by atoms with Crippen molar-refractivity contribution in [3.8, 4) is 0 Å². The van der Waals surface area contributed by atoms with Crippen LogP contribution >= 0.6 is 0 Å². The molecular formula is C13H21BO3. The molecule has 0 aromatic heterocycles. The quantitative estimate of drug-likeness (QED) is 0.670. The molecule has 0 aliphatic carbocycles. The highest BCUT2D eigenvalue weighted by Crippen LogP contribution is 2.30. The Kier molecular flexibility index (Phi) is 4.75. The molecule has 0 saturated carbocycles. The molecular weight excluding hydrogens is 215 g/mol. The van der Waals surface area contributed by atoms with E-state index in [9.17, 15) is 5.11 Å². The fourth-order valence-electron chi connectivity index (χ4n) is 2.19. The monoisotopic (exact) mass is 236 g/mol. The molecule has 0 heterocycles. The second-order valence-corrected chi connectivity index (χ2v) is 4.58. The Balaban J connectivity index is 3.11. The molecule has 1 rings (SSSR count). The first kappa shape index (κ1) is 14.2. The Labute approximate surface area is 103 Å². The average molecular weight is 236 g/mol. The van der Waals surface area contributed by atoms with E-state index in [4.69, 9.17) is 10.0 Å². The molecule has 0 aliphatic heterocycles. The predicted octanol–water partition coefficient (Wildman–Crippen LogP) is 1.07. The molecule has 0 radical (unpaired) electrons. The summed E-state index contributed by atoms with van der Waals surface area (Å²) in [5.41, 5.74) is 1.33. The number of rotatable bonds is 5. The van der Waals surface area contributed by atoms with Gasteiger partial charge in [-0.05, 0) is 30.8 Å². The van der Waals surface area contributed by atoms with Gasteiger partial charge in [0.15, 0.2) is 0 Å². The normalized spacial score (nSPS) is 14.5. The molecule has 0 aliphatic rings. The summed E-state index contributed by atoms with van der Waals surface area (Å²) < 4.78 is 0. The molecule has 17 heavy (non-hydrogen) atoms. The molecule has 0 spiro atoms. The minimum absolute atomic E-state index is 0.490. The third kappa shape index (κ3) is 3.09. The van der Waals surface area contributed by atoms with Gasteiger partial charge in [0, 0.05) is 0 Å². The zero-order chi connectivity index (χ0) is 13.1. The van der Waals surface area contributed by atoms with Crippen molar-refractivity contribution in [2.45, 2.75) is 45.6 Å². The van der Waals surface area contributed by atoms with Crippen molar-refractivity contribution in [1.29, 1.82) is 0 Å². The van der Waals surface area contributed by atoms with Crippen molar-refractivity contribution in [1.82, 2.24) is 0 Å². The average Bonchev–Trinajstić information content (AvgIpc) is 2.28. The first-order chi connectivity index (χ1) is 7.94. The van der Waals surface area contributed by atoms with Gasteiger partial charge in [0.2, 0.25) is 0 Å². The predicted molar refractivity (Wildman–Crippen MR) is 70.1 cm³/mol. The highest BCUT2D eigenvalue weighted by atomic mass is 16.4. The molecule has 0 fully saturated rings. The Bertz CT molecular complexity index is 379. The van der Waals surface area contributed by atoms with Gasteiger partial charge in [-0.15, -0.1) is 0 Å². The van der Waals surface area contributed by atoms with E-state index in [1.54, 1.807) is 12.1 Å². The second-order valence-electron chi connectivity index (χ2n) is 4.58. The number of hydrogen-bond donors (Lipinski definition) is 3. The van der Waals surface area contributed by atoms with Gasteiger partial charge in [0.05, 0.1) is 5.60 Å². The van der Waals surface area contributed by atoms with Gasteiger partial charge in [0.1, 0.15) is 0 Å². The fourth-order valence-corrected chi connectivity index (χ4v) is 2.19. The van der Waals surface area contributed by atoms with Gasteiger partial charge in [-0.3, -0.25) is 0 Å². The largest absolute Gasteiger partial charge is 0.488 e. The molecule has 94 valence electrons. The molecule has 1 aromatic carbocycles. The van der Waals surface area contributed by atoms with Crippen molar-refractivity contribution in [3.63, 3.8) is 0 Å². The Morgan fingerprint density at radius 3 is 2.29 bits per heavy atom. The van der Waals surface area contributed by atoms with Crippen LogP contribution in [-0.4, -0.2) is 22.3 Å². The summed E-state index contributed by atoms with van der Waals surface area (Å²) in [6.07, 6.45) is 2.28. The van der Waals surface area contributed by atoms with Gasteiger partial charge in [-0.2, -0.15) is 0 Å². The van der Waals surface area contributed by atoms with Crippen LogP contribution < -0.4 is 5.46 Å². The van der Waals surface area contributed by atoms with Gasteiger partial charge < -0.3 is 15.2 Å². The lowest BCUT2D eigenvalue weighted by Gasteiger charge is -2.27. The topological polar surface area (TPSA) is 60.7 Å². The molecule has 1 atom stereocenters. The second kappa shape index (κ2) is 5.67. The zero-order valence-electron chi connectivity index (χ0n) is 10.8. The van der Waals surface area contributed by atoms with Crippen molar-refractivity contribution in [3.05, 3.63) is 29.3 Å². The zero-order valence-corrected chi connectivity index (χ0v) is 10.8. The summed E-state index contributed by atoms with van der Waals surface area (Å²) in [7, 11) is -1.45. The Hall–Kier alpha value is -0.835. The SMILES string of the molecule is CCCC(O)(CC)c1ccc(B(O)O)c(C)c1. The summed E-state index contributed by atoms with van der Waals surface area (Å²) in [4.78, 5) is 0. The van der Waals surface area contributed by atoms with E-state index in [2.05, 4.69) is 0 Å². The standard InChI is InChI=1S/C13H21BO3/c1-4-8-13(15,5-2)11-6-7-12(14(16)17)10(3)9-11/h6-7,9,15-17H,4-5,8H2,1-3H3. The van der Waals surface area contributed by atoms with Crippen LogP contribution in [-0.2, 0) is 5.60 Å². The van der Waals surface area contributed by atoms with Gasteiger partial charge >= 0.3 is 7.12 Å². The number of aliphatic hydroxyl groups is 1. The Morgan fingerprint density at radius 1 is 1.24 bits per heavy atom. The van der Waals surface area contributed by atoms with Crippen molar-refractivity contribution >= 4 is 12.6 Å². The first-order valence-corrected chi connectivity index (χ1v) is 6.14. The van der Waals surface area contributed by atoms with Crippen molar-refractivity contribution < 1.29 is 15.2 Å². The molecule has 4 heteroatoms. The van der Waals surface area contributed by atoms with Crippen LogP contribution in [0.4, 0.5) is 0 Å². The summed E-state index contributed by atoms with van der Waals surface area (Å²) in [6.45, 7) is 5.82. The summed E-state index contributed by atoms with van der Waals surface area (Å²) in [5.74, 6) is 0. The minimum atomic E-state index is -1.45. The van der Waals surface area contributed by atoms with Crippen LogP contribution in [0.3, 0.4) is 0 Å². The molecule has 3 N–H and O–H groups in total. The summed E-state index contributed by atoms with van der Waals surface area (Å²) in [5, 5.41) is 28.8. The van der Waals surface area contributed by atoms with E-state index in [0.717, 1.165) is 17.5 Å². The number of benzene rings is 1. The van der Waals surface area contributed by atoms with Crippen molar-refractivity contribution in [2.75, 3.05) is 0 Å². The third-order valence-corrected chi connectivity index (χ3v) is 3.33. The van der Waals surface area contributed by atoms with E-state index in [1.807, 2.05) is 26.8 Å². The molecule has 0 bridgehead atoms. The van der Waals surface area contributed by atoms with Gasteiger partial charge in [0.25, 0.3) is 0 Å².